The largest absolute Gasteiger partial charge is 0.496 e. The molecule has 0 amide bonds. The van der Waals surface area contributed by atoms with E-state index in [1.165, 1.54) is 36.8 Å². The van der Waals surface area contributed by atoms with Crippen molar-refractivity contribution in [3.8, 4) is 5.75 Å². The Kier molecular flexibility index (Phi) is 3.27. The van der Waals surface area contributed by atoms with Gasteiger partial charge < -0.3 is 4.74 Å². The van der Waals surface area contributed by atoms with Gasteiger partial charge in [-0.25, -0.2) is 0 Å². The van der Waals surface area contributed by atoms with Gasteiger partial charge in [0.1, 0.15) is 5.75 Å². The predicted octanol–water partition coefficient (Wildman–Crippen LogP) is 4.72. The van der Waals surface area contributed by atoms with E-state index in [1.807, 2.05) is 6.07 Å². The fraction of sp³-hybridized carbons (Fsp3) is 0.625. The zero-order chi connectivity index (χ0) is 12.7. The molecular formula is C16H21ClO. The molecule has 1 aromatic carbocycles. The number of benzene rings is 1. The van der Waals surface area contributed by atoms with E-state index in [0.717, 1.165) is 17.6 Å². The van der Waals surface area contributed by atoms with Crippen molar-refractivity contribution < 1.29 is 4.74 Å². The number of ether oxygens (including phenoxy) is 1. The fourth-order valence-corrected chi connectivity index (χ4v) is 4.43. The van der Waals surface area contributed by atoms with Gasteiger partial charge in [-0.3, -0.25) is 0 Å². The lowest BCUT2D eigenvalue weighted by atomic mass is 9.83. The molecule has 3 rings (SSSR count). The van der Waals surface area contributed by atoms with Gasteiger partial charge in [0.15, 0.2) is 0 Å². The highest BCUT2D eigenvalue weighted by molar-refractivity contribution is 6.21. The average molecular weight is 265 g/mol. The van der Waals surface area contributed by atoms with E-state index < -0.39 is 0 Å². The zero-order valence-electron chi connectivity index (χ0n) is 11.2. The predicted molar refractivity (Wildman–Crippen MR) is 75.3 cm³/mol. The minimum absolute atomic E-state index is 0.121. The Morgan fingerprint density at radius 1 is 1.28 bits per heavy atom. The quantitative estimate of drug-likeness (QED) is 0.718. The van der Waals surface area contributed by atoms with Crippen LogP contribution in [0.3, 0.4) is 0 Å². The molecule has 18 heavy (non-hydrogen) atoms. The molecule has 2 aliphatic rings. The van der Waals surface area contributed by atoms with Crippen LogP contribution in [0.25, 0.3) is 0 Å². The Hall–Kier alpha value is -0.690. The van der Waals surface area contributed by atoms with Crippen LogP contribution in [-0.4, -0.2) is 7.11 Å². The van der Waals surface area contributed by atoms with Crippen LogP contribution in [0.4, 0.5) is 0 Å². The number of fused-ring (bicyclic) bond motifs is 2. The van der Waals surface area contributed by atoms with Gasteiger partial charge in [0.05, 0.1) is 12.5 Å². The summed E-state index contributed by atoms with van der Waals surface area (Å²) in [6.07, 6.45) is 5.53. The molecule has 4 atom stereocenters. The molecule has 0 aliphatic heterocycles. The molecule has 2 heteroatoms. The Bertz CT molecular complexity index is 443. The van der Waals surface area contributed by atoms with Crippen LogP contribution < -0.4 is 4.74 Å². The summed E-state index contributed by atoms with van der Waals surface area (Å²) in [6.45, 7) is 2.12. The lowest BCUT2D eigenvalue weighted by Gasteiger charge is -2.27. The van der Waals surface area contributed by atoms with E-state index >= 15 is 0 Å². The van der Waals surface area contributed by atoms with Crippen molar-refractivity contribution in [2.24, 2.45) is 17.8 Å². The summed E-state index contributed by atoms with van der Waals surface area (Å²) in [5.74, 6) is 3.39. The van der Waals surface area contributed by atoms with Gasteiger partial charge in [-0.05, 0) is 50.0 Å². The van der Waals surface area contributed by atoms with Crippen molar-refractivity contribution in [3.05, 3.63) is 29.3 Å². The third-order valence-electron chi connectivity index (χ3n) is 4.85. The molecule has 98 valence electrons. The Morgan fingerprint density at radius 2 is 2.11 bits per heavy atom. The van der Waals surface area contributed by atoms with Gasteiger partial charge >= 0.3 is 0 Å². The first-order valence-electron chi connectivity index (χ1n) is 6.97. The standard InChI is InChI=1S/C16H21ClO/c1-10-3-6-15(18-2)14(7-10)16(17)13-9-11-4-5-12(13)8-11/h3,6-7,11-13,16H,4-5,8-9H2,1-2H3. The van der Waals surface area contributed by atoms with Gasteiger partial charge in [0, 0.05) is 5.56 Å². The van der Waals surface area contributed by atoms with Gasteiger partial charge in [0.2, 0.25) is 0 Å². The topological polar surface area (TPSA) is 9.23 Å². The summed E-state index contributed by atoms with van der Waals surface area (Å²) in [6, 6.07) is 6.34. The molecule has 0 N–H and O–H groups in total. The number of alkyl halides is 1. The summed E-state index contributed by atoms with van der Waals surface area (Å²) < 4.78 is 5.48. The highest BCUT2D eigenvalue weighted by Crippen LogP contribution is 2.55. The van der Waals surface area contributed by atoms with Crippen LogP contribution in [0, 0.1) is 24.7 Å². The zero-order valence-corrected chi connectivity index (χ0v) is 11.9. The third-order valence-corrected chi connectivity index (χ3v) is 5.41. The maximum Gasteiger partial charge on any atom is 0.123 e. The average Bonchev–Trinajstić information content (AvgIpc) is 3.00. The molecule has 0 saturated heterocycles. The molecule has 4 unspecified atom stereocenters. The molecule has 0 heterocycles. The molecule has 0 aromatic heterocycles. The smallest absolute Gasteiger partial charge is 0.123 e. The second kappa shape index (κ2) is 4.77. The number of aryl methyl sites for hydroxylation is 1. The molecule has 1 aromatic rings. The summed E-state index contributed by atoms with van der Waals surface area (Å²) in [7, 11) is 1.73. The second-order valence-corrected chi connectivity index (χ2v) is 6.46. The molecule has 2 aliphatic carbocycles. The van der Waals surface area contributed by atoms with Crippen LogP contribution >= 0.6 is 11.6 Å². The SMILES string of the molecule is COc1ccc(C)cc1C(Cl)C1CC2CCC1C2. The molecule has 2 bridgehead atoms. The number of rotatable bonds is 3. The number of hydrogen-bond acceptors (Lipinski definition) is 1. The van der Waals surface area contributed by atoms with Crippen molar-refractivity contribution in [2.75, 3.05) is 7.11 Å². The number of methoxy groups -OCH3 is 1. The normalized spacial score (nSPS) is 31.6. The van der Waals surface area contributed by atoms with Gasteiger partial charge in [-0.1, -0.05) is 24.1 Å². The molecule has 1 nitrogen and oxygen atoms in total. The molecule has 0 radical (unpaired) electrons. The highest BCUT2D eigenvalue weighted by atomic mass is 35.5. The highest BCUT2D eigenvalue weighted by Gasteiger charge is 2.43. The van der Waals surface area contributed by atoms with Crippen LogP contribution in [-0.2, 0) is 0 Å². The van der Waals surface area contributed by atoms with E-state index in [9.17, 15) is 0 Å². The first-order chi connectivity index (χ1) is 8.69. The minimum Gasteiger partial charge on any atom is -0.496 e. The molecule has 2 saturated carbocycles. The molecule has 0 spiro atoms. The third kappa shape index (κ3) is 2.03. The Balaban J connectivity index is 1.87. The van der Waals surface area contributed by atoms with E-state index in [1.54, 1.807) is 7.11 Å². The summed E-state index contributed by atoms with van der Waals surface area (Å²) in [5.41, 5.74) is 2.45. The van der Waals surface area contributed by atoms with E-state index in [0.29, 0.717) is 5.92 Å². The second-order valence-electron chi connectivity index (χ2n) is 5.99. The monoisotopic (exact) mass is 264 g/mol. The van der Waals surface area contributed by atoms with Crippen LogP contribution in [0.2, 0.25) is 0 Å². The Morgan fingerprint density at radius 3 is 2.72 bits per heavy atom. The summed E-state index contributed by atoms with van der Waals surface area (Å²) in [4.78, 5) is 0. The maximum atomic E-state index is 6.78. The van der Waals surface area contributed by atoms with Crippen LogP contribution in [0.15, 0.2) is 18.2 Å². The molecule has 2 fully saturated rings. The van der Waals surface area contributed by atoms with Crippen molar-refractivity contribution >= 4 is 11.6 Å². The first-order valence-corrected chi connectivity index (χ1v) is 7.41. The van der Waals surface area contributed by atoms with E-state index in [-0.39, 0.29) is 5.38 Å². The lowest BCUT2D eigenvalue weighted by molar-refractivity contribution is 0.317. The summed E-state index contributed by atoms with van der Waals surface area (Å²) >= 11 is 6.78. The Labute approximate surface area is 114 Å². The van der Waals surface area contributed by atoms with Crippen molar-refractivity contribution in [2.45, 2.75) is 38.0 Å². The van der Waals surface area contributed by atoms with Crippen LogP contribution in [0.5, 0.6) is 5.75 Å². The van der Waals surface area contributed by atoms with Crippen molar-refractivity contribution in [3.63, 3.8) is 0 Å². The van der Waals surface area contributed by atoms with Gasteiger partial charge in [-0.15, -0.1) is 11.6 Å². The lowest BCUT2D eigenvalue weighted by Crippen LogP contribution is -2.16. The van der Waals surface area contributed by atoms with E-state index in [2.05, 4.69) is 19.1 Å². The number of halogens is 1. The number of hydrogen-bond donors (Lipinski definition) is 0. The summed E-state index contributed by atoms with van der Waals surface area (Å²) in [5, 5.41) is 0.121. The van der Waals surface area contributed by atoms with Gasteiger partial charge in [0.25, 0.3) is 0 Å². The van der Waals surface area contributed by atoms with Crippen molar-refractivity contribution in [1.82, 2.24) is 0 Å². The fourth-order valence-electron chi connectivity index (χ4n) is 3.95. The van der Waals surface area contributed by atoms with Crippen molar-refractivity contribution in [1.29, 1.82) is 0 Å². The van der Waals surface area contributed by atoms with E-state index in [4.69, 9.17) is 16.3 Å². The maximum absolute atomic E-state index is 6.78. The minimum atomic E-state index is 0.121. The first kappa shape index (κ1) is 12.3. The van der Waals surface area contributed by atoms with Crippen LogP contribution in [0.1, 0.15) is 42.2 Å². The van der Waals surface area contributed by atoms with Gasteiger partial charge in [-0.2, -0.15) is 0 Å². The molecular weight excluding hydrogens is 244 g/mol.